The van der Waals surface area contributed by atoms with Crippen LogP contribution in [0.2, 0.25) is 0 Å². The van der Waals surface area contributed by atoms with Crippen LogP contribution in [0.1, 0.15) is 51.5 Å². The molecular weight excluding hydrogens is 392 g/mol. The van der Waals surface area contributed by atoms with Gasteiger partial charge in [-0.05, 0) is 55.9 Å². The van der Waals surface area contributed by atoms with Crippen LogP contribution < -0.4 is 10.5 Å². The van der Waals surface area contributed by atoms with E-state index in [1.54, 1.807) is 12.1 Å². The van der Waals surface area contributed by atoms with Crippen LogP contribution in [0.25, 0.3) is 0 Å². The Bertz CT molecular complexity index is 935. The lowest BCUT2D eigenvalue weighted by Gasteiger charge is -2.60. The van der Waals surface area contributed by atoms with Crippen molar-refractivity contribution in [3.8, 4) is 11.9 Å². The molecule has 7 nitrogen and oxygen atoms in total. The summed E-state index contributed by atoms with van der Waals surface area (Å²) in [4.78, 5) is 32.1. The summed E-state index contributed by atoms with van der Waals surface area (Å²) < 4.78 is 5.91. The largest absolute Gasteiger partial charge is 0.477 e. The minimum absolute atomic E-state index is 0.0553. The van der Waals surface area contributed by atoms with Crippen LogP contribution in [0.4, 0.5) is 0 Å². The van der Waals surface area contributed by atoms with Crippen molar-refractivity contribution in [3.63, 3.8) is 0 Å². The predicted molar refractivity (Wildman–Crippen MR) is 112 cm³/mol. The molecule has 1 aliphatic heterocycles. The zero-order chi connectivity index (χ0) is 22.0. The lowest BCUT2D eigenvalue weighted by atomic mass is 9.47. The molecule has 0 aromatic carbocycles. The Hall–Kier alpha value is -2.62. The highest BCUT2D eigenvalue weighted by Crippen LogP contribution is 2.61. The third-order valence-corrected chi connectivity index (χ3v) is 8.65. The molecule has 5 fully saturated rings. The number of carbonyl (C=O) groups excluding carboxylic acids is 2. The maximum atomic E-state index is 13.5. The first-order chi connectivity index (χ1) is 14.7. The second-order valence-electron chi connectivity index (χ2n) is 10.8. The summed E-state index contributed by atoms with van der Waals surface area (Å²) in [6.07, 6.45) is 6.32. The van der Waals surface area contributed by atoms with Gasteiger partial charge in [-0.15, -0.1) is 0 Å². The van der Waals surface area contributed by atoms with Crippen LogP contribution in [0.3, 0.4) is 0 Å². The summed E-state index contributed by atoms with van der Waals surface area (Å²) in [5.74, 6) is 1.91. The van der Waals surface area contributed by atoms with Gasteiger partial charge in [0.15, 0.2) is 0 Å². The number of rotatable bonds is 5. The molecule has 1 aromatic rings. The van der Waals surface area contributed by atoms with Gasteiger partial charge < -0.3 is 15.4 Å². The molecule has 2 amide bonds. The zero-order valence-corrected chi connectivity index (χ0v) is 18.2. The Balaban J connectivity index is 1.31. The van der Waals surface area contributed by atoms with Crippen molar-refractivity contribution in [2.75, 3.05) is 13.2 Å². The van der Waals surface area contributed by atoms with Crippen LogP contribution in [-0.4, -0.2) is 40.9 Å². The van der Waals surface area contributed by atoms with Crippen molar-refractivity contribution < 1.29 is 14.3 Å². The number of pyridine rings is 1. The number of carbonyl (C=O) groups is 2. The van der Waals surface area contributed by atoms with E-state index in [1.165, 1.54) is 6.20 Å². The maximum Gasteiger partial charge on any atom is 0.228 e. The summed E-state index contributed by atoms with van der Waals surface area (Å²) in [6.45, 7) is 5.10. The lowest BCUT2D eigenvalue weighted by molar-refractivity contribution is -0.159. The quantitative estimate of drug-likeness (QED) is 0.784. The van der Waals surface area contributed by atoms with E-state index in [-0.39, 0.29) is 29.2 Å². The molecule has 164 valence electrons. The molecule has 0 spiro atoms. The highest BCUT2D eigenvalue weighted by atomic mass is 16.5. The molecule has 4 aliphatic carbocycles. The second kappa shape index (κ2) is 6.94. The highest BCUT2D eigenvalue weighted by molar-refractivity contribution is 5.85. The molecule has 1 aromatic heterocycles. The van der Waals surface area contributed by atoms with Crippen LogP contribution in [0.5, 0.6) is 5.88 Å². The molecule has 6 rings (SSSR count). The minimum atomic E-state index is -0.511. The Kier molecular flexibility index (Phi) is 4.55. The van der Waals surface area contributed by atoms with E-state index in [0.717, 1.165) is 32.1 Å². The third-order valence-electron chi connectivity index (χ3n) is 8.65. The van der Waals surface area contributed by atoms with E-state index < -0.39 is 5.41 Å². The fraction of sp³-hybridized carbons (Fsp3) is 0.667. The standard InChI is InChI=1S/C24H30N4O3/c1-23(2)18(13-31-19-4-3-14(10-25)11-27-19)12-28(22(23)30)20-16-5-15-6-17(20)9-24(7-15,8-16)21(26)29/h3-4,11,15-18,20H,5-9,12-13H2,1-2H3,(H2,26,29)/t15?,16-,17-,18?,20?,24?/m1/s1. The fourth-order valence-electron chi connectivity index (χ4n) is 7.14. The van der Waals surface area contributed by atoms with E-state index in [9.17, 15) is 9.59 Å². The van der Waals surface area contributed by atoms with Gasteiger partial charge in [0.1, 0.15) is 6.07 Å². The summed E-state index contributed by atoms with van der Waals surface area (Å²) >= 11 is 0. The number of likely N-dealkylation sites (tertiary alicyclic amines) is 1. The summed E-state index contributed by atoms with van der Waals surface area (Å²) in [6, 6.07) is 5.64. The molecular formula is C24H30N4O3. The molecule has 2 heterocycles. The van der Waals surface area contributed by atoms with Gasteiger partial charge in [0.25, 0.3) is 0 Å². The van der Waals surface area contributed by atoms with Crippen LogP contribution in [0.15, 0.2) is 18.3 Å². The molecule has 4 bridgehead atoms. The molecule has 2 N–H and O–H groups in total. The van der Waals surface area contributed by atoms with Gasteiger partial charge in [-0.3, -0.25) is 9.59 Å². The number of aromatic nitrogens is 1. The van der Waals surface area contributed by atoms with Gasteiger partial charge in [-0.25, -0.2) is 4.98 Å². The molecule has 3 atom stereocenters. The Morgan fingerprint density at radius 1 is 1.29 bits per heavy atom. The van der Waals surface area contributed by atoms with Crippen LogP contribution in [0, 0.1) is 45.8 Å². The lowest BCUT2D eigenvalue weighted by Crippen LogP contribution is -2.62. The first-order valence-corrected chi connectivity index (χ1v) is 11.3. The fourth-order valence-corrected chi connectivity index (χ4v) is 7.14. The third kappa shape index (κ3) is 3.10. The monoisotopic (exact) mass is 422 g/mol. The number of hydrogen-bond acceptors (Lipinski definition) is 5. The smallest absolute Gasteiger partial charge is 0.228 e. The van der Waals surface area contributed by atoms with Crippen molar-refractivity contribution in [3.05, 3.63) is 23.9 Å². The van der Waals surface area contributed by atoms with Crippen molar-refractivity contribution in [1.82, 2.24) is 9.88 Å². The number of ether oxygens (including phenoxy) is 1. The molecule has 4 saturated carbocycles. The van der Waals surface area contributed by atoms with Crippen molar-refractivity contribution in [2.24, 2.45) is 40.2 Å². The first kappa shape index (κ1) is 20.3. The number of nitrogens with two attached hydrogens (primary N) is 1. The molecule has 0 radical (unpaired) electrons. The molecule has 31 heavy (non-hydrogen) atoms. The van der Waals surface area contributed by atoms with E-state index in [1.807, 2.05) is 19.9 Å². The van der Waals surface area contributed by atoms with Gasteiger partial charge in [0.2, 0.25) is 17.7 Å². The van der Waals surface area contributed by atoms with E-state index in [4.69, 9.17) is 15.7 Å². The van der Waals surface area contributed by atoms with E-state index in [2.05, 4.69) is 9.88 Å². The van der Waals surface area contributed by atoms with E-state index >= 15 is 0 Å². The predicted octanol–water partition coefficient (Wildman–Crippen LogP) is 2.50. The van der Waals surface area contributed by atoms with Gasteiger partial charge >= 0.3 is 0 Å². The average Bonchev–Trinajstić information content (AvgIpc) is 2.95. The van der Waals surface area contributed by atoms with Gasteiger partial charge in [0, 0.05) is 36.2 Å². The Labute approximate surface area is 182 Å². The number of amides is 2. The SMILES string of the molecule is CC1(C)C(=O)N(C2[C@@H]3CC4C[C@@H]2CC(C(N)=O)(C4)C3)CC1COc1ccc(C#N)cn1. The summed E-state index contributed by atoms with van der Waals surface area (Å²) in [5, 5.41) is 8.92. The maximum absolute atomic E-state index is 13.5. The Morgan fingerprint density at radius 2 is 2.00 bits per heavy atom. The van der Waals surface area contributed by atoms with Crippen LogP contribution >= 0.6 is 0 Å². The highest BCUT2D eigenvalue weighted by Gasteiger charge is 2.61. The summed E-state index contributed by atoms with van der Waals surface area (Å²) in [5.41, 5.74) is 5.48. The van der Waals surface area contributed by atoms with Gasteiger partial charge in [0.05, 0.1) is 17.6 Å². The number of hydrogen-bond donors (Lipinski definition) is 1. The Morgan fingerprint density at radius 3 is 2.58 bits per heavy atom. The molecule has 5 aliphatic rings. The number of nitrogens with zero attached hydrogens (tertiary/aromatic N) is 3. The zero-order valence-electron chi connectivity index (χ0n) is 18.2. The number of primary amides is 1. The summed E-state index contributed by atoms with van der Waals surface area (Å²) in [7, 11) is 0. The molecule has 1 saturated heterocycles. The topological polar surface area (TPSA) is 109 Å². The second-order valence-corrected chi connectivity index (χ2v) is 10.8. The van der Waals surface area contributed by atoms with E-state index in [0.29, 0.717) is 42.3 Å². The van der Waals surface area contributed by atoms with Crippen molar-refractivity contribution in [1.29, 1.82) is 5.26 Å². The average molecular weight is 423 g/mol. The first-order valence-electron chi connectivity index (χ1n) is 11.3. The van der Waals surface area contributed by atoms with Crippen molar-refractivity contribution >= 4 is 11.8 Å². The van der Waals surface area contributed by atoms with Gasteiger partial charge in [-0.1, -0.05) is 13.8 Å². The van der Waals surface area contributed by atoms with Crippen LogP contribution in [-0.2, 0) is 9.59 Å². The molecule has 1 unspecified atom stereocenters. The number of nitriles is 1. The van der Waals surface area contributed by atoms with Crippen molar-refractivity contribution in [2.45, 2.75) is 52.0 Å². The minimum Gasteiger partial charge on any atom is -0.477 e. The normalized spacial score (nSPS) is 37.6. The van der Waals surface area contributed by atoms with Gasteiger partial charge in [-0.2, -0.15) is 5.26 Å². The molecule has 7 heteroatoms.